The average molecular weight is 430 g/mol. The quantitative estimate of drug-likeness (QED) is 0.379. The minimum atomic E-state index is -0.522. The first-order valence-electron chi connectivity index (χ1n) is 10.0. The summed E-state index contributed by atoms with van der Waals surface area (Å²) in [6.07, 6.45) is 0.555. The number of aromatic nitrogens is 2. The van der Waals surface area contributed by atoms with Crippen LogP contribution in [0, 0.1) is 13.8 Å². The molecular weight excluding hydrogens is 406 g/mol. The zero-order valence-corrected chi connectivity index (χ0v) is 18.2. The molecule has 31 heavy (non-hydrogen) atoms. The minimum absolute atomic E-state index is 0.132. The van der Waals surface area contributed by atoms with Crippen LogP contribution in [0.1, 0.15) is 33.4 Å². The Balaban J connectivity index is 1.55. The van der Waals surface area contributed by atoms with E-state index in [9.17, 15) is 4.79 Å². The number of nitrogens with one attached hydrogen (secondary N) is 1. The zero-order chi connectivity index (χ0) is 21.6. The van der Waals surface area contributed by atoms with E-state index in [4.69, 9.17) is 4.42 Å². The largest absolute Gasteiger partial charge is 0.416 e. The molecular formula is C25H23N3O2S. The molecule has 1 atom stereocenters. The number of rotatable bonds is 7. The van der Waals surface area contributed by atoms with Crippen molar-refractivity contribution >= 4 is 23.4 Å². The SMILES string of the molecule is Cc1ccc(C)c(NC(=O)[C@H](Sc2nnc(Cc3ccccc3)o2)c2ccccc2)c1. The molecule has 0 aliphatic rings. The van der Waals surface area contributed by atoms with Crippen LogP contribution < -0.4 is 5.32 Å². The molecule has 0 bridgehead atoms. The number of carbonyl (C=O) groups is 1. The van der Waals surface area contributed by atoms with Gasteiger partial charge in [0.25, 0.3) is 5.22 Å². The first-order chi connectivity index (χ1) is 15.1. The molecule has 1 amide bonds. The van der Waals surface area contributed by atoms with Gasteiger partial charge in [-0.1, -0.05) is 72.8 Å². The fourth-order valence-electron chi connectivity index (χ4n) is 3.20. The second-order valence-corrected chi connectivity index (χ2v) is 8.40. The van der Waals surface area contributed by atoms with Gasteiger partial charge in [0, 0.05) is 5.69 Å². The van der Waals surface area contributed by atoms with Gasteiger partial charge >= 0.3 is 0 Å². The van der Waals surface area contributed by atoms with E-state index in [0.29, 0.717) is 17.5 Å². The second kappa shape index (κ2) is 9.62. The third-order valence-electron chi connectivity index (χ3n) is 4.86. The number of hydrogen-bond donors (Lipinski definition) is 1. The van der Waals surface area contributed by atoms with E-state index in [2.05, 4.69) is 15.5 Å². The number of carbonyl (C=O) groups excluding carboxylic acids is 1. The van der Waals surface area contributed by atoms with Crippen molar-refractivity contribution in [1.82, 2.24) is 10.2 Å². The molecule has 3 aromatic carbocycles. The van der Waals surface area contributed by atoms with Crippen LogP contribution in [0.4, 0.5) is 5.69 Å². The van der Waals surface area contributed by atoms with Crippen LogP contribution in [-0.4, -0.2) is 16.1 Å². The summed E-state index contributed by atoms with van der Waals surface area (Å²) < 4.78 is 5.84. The van der Waals surface area contributed by atoms with Gasteiger partial charge in [0.2, 0.25) is 11.8 Å². The van der Waals surface area contributed by atoms with Crippen LogP contribution in [0.25, 0.3) is 0 Å². The lowest BCUT2D eigenvalue weighted by atomic mass is 10.1. The number of thioether (sulfide) groups is 1. The van der Waals surface area contributed by atoms with E-state index < -0.39 is 5.25 Å². The molecule has 1 aromatic heterocycles. The average Bonchev–Trinajstić information content (AvgIpc) is 3.23. The topological polar surface area (TPSA) is 68.0 Å². The van der Waals surface area contributed by atoms with E-state index in [1.807, 2.05) is 92.7 Å². The minimum Gasteiger partial charge on any atom is -0.416 e. The first-order valence-corrected chi connectivity index (χ1v) is 10.9. The van der Waals surface area contributed by atoms with Crippen LogP contribution in [0.3, 0.4) is 0 Å². The standard InChI is InChI=1S/C25H23N3O2S/c1-17-13-14-18(2)21(15-17)26-24(29)23(20-11-7-4-8-12-20)31-25-28-27-22(30-25)16-19-9-5-3-6-10-19/h3-15,23H,16H2,1-2H3,(H,26,29)/t23-/m1/s1. The van der Waals surface area contributed by atoms with E-state index in [1.54, 1.807) is 0 Å². The normalized spacial score (nSPS) is 11.8. The van der Waals surface area contributed by atoms with Gasteiger partial charge in [-0.05, 0) is 53.9 Å². The Bertz CT molecular complexity index is 1160. The van der Waals surface area contributed by atoms with Gasteiger partial charge in [0.15, 0.2) is 0 Å². The molecule has 1 N–H and O–H groups in total. The summed E-state index contributed by atoms with van der Waals surface area (Å²) in [5.41, 5.74) is 4.88. The summed E-state index contributed by atoms with van der Waals surface area (Å²) in [5, 5.41) is 11.2. The third-order valence-corrected chi connectivity index (χ3v) is 5.95. The first kappa shape index (κ1) is 20.9. The van der Waals surface area contributed by atoms with Crippen LogP contribution in [0.2, 0.25) is 0 Å². The zero-order valence-electron chi connectivity index (χ0n) is 17.4. The Morgan fingerprint density at radius 1 is 0.968 bits per heavy atom. The predicted molar refractivity (Wildman–Crippen MR) is 123 cm³/mol. The van der Waals surface area contributed by atoms with Gasteiger partial charge in [0.05, 0.1) is 6.42 Å². The smallest absolute Gasteiger partial charge is 0.277 e. The molecule has 4 rings (SSSR count). The van der Waals surface area contributed by atoms with E-state index in [-0.39, 0.29) is 5.91 Å². The molecule has 4 aromatic rings. The van der Waals surface area contributed by atoms with Gasteiger partial charge in [0.1, 0.15) is 5.25 Å². The van der Waals surface area contributed by atoms with Gasteiger partial charge in [-0.15, -0.1) is 10.2 Å². The van der Waals surface area contributed by atoms with Gasteiger partial charge in [-0.2, -0.15) is 0 Å². The van der Waals surface area contributed by atoms with Crippen molar-refractivity contribution in [2.24, 2.45) is 0 Å². The lowest BCUT2D eigenvalue weighted by Crippen LogP contribution is -2.19. The Kier molecular flexibility index (Phi) is 6.48. The fraction of sp³-hybridized carbons (Fsp3) is 0.160. The highest BCUT2D eigenvalue weighted by atomic mass is 32.2. The van der Waals surface area contributed by atoms with Crippen molar-refractivity contribution in [1.29, 1.82) is 0 Å². The highest BCUT2D eigenvalue weighted by molar-refractivity contribution is 8.00. The molecule has 0 radical (unpaired) electrons. The summed E-state index contributed by atoms with van der Waals surface area (Å²) >= 11 is 1.26. The molecule has 0 aliphatic carbocycles. The molecule has 0 fully saturated rings. The Morgan fingerprint density at radius 3 is 2.42 bits per heavy atom. The molecule has 0 unspecified atom stereocenters. The van der Waals surface area contributed by atoms with Gasteiger partial charge in [-0.25, -0.2) is 0 Å². The summed E-state index contributed by atoms with van der Waals surface area (Å²) in [5.74, 6) is 0.392. The third kappa shape index (κ3) is 5.41. The maximum Gasteiger partial charge on any atom is 0.277 e. The monoisotopic (exact) mass is 429 g/mol. The van der Waals surface area contributed by atoms with Crippen molar-refractivity contribution in [3.8, 4) is 0 Å². The molecule has 156 valence electrons. The Morgan fingerprint density at radius 2 is 1.68 bits per heavy atom. The number of benzene rings is 3. The fourth-order valence-corrected chi connectivity index (χ4v) is 4.09. The highest BCUT2D eigenvalue weighted by Gasteiger charge is 2.25. The molecule has 0 aliphatic heterocycles. The Labute approximate surface area is 185 Å². The maximum atomic E-state index is 13.3. The highest BCUT2D eigenvalue weighted by Crippen LogP contribution is 2.36. The van der Waals surface area contributed by atoms with Crippen molar-refractivity contribution < 1.29 is 9.21 Å². The number of aryl methyl sites for hydroxylation is 2. The number of amides is 1. The van der Waals surface area contributed by atoms with Crippen LogP contribution >= 0.6 is 11.8 Å². The summed E-state index contributed by atoms with van der Waals surface area (Å²) in [4.78, 5) is 13.3. The van der Waals surface area contributed by atoms with Crippen molar-refractivity contribution in [2.45, 2.75) is 30.7 Å². The van der Waals surface area contributed by atoms with E-state index >= 15 is 0 Å². The van der Waals surface area contributed by atoms with Crippen molar-refractivity contribution in [2.75, 3.05) is 5.32 Å². The molecule has 5 nitrogen and oxygen atoms in total. The molecule has 0 saturated heterocycles. The Hall–Kier alpha value is -3.38. The molecule has 1 heterocycles. The summed E-state index contributed by atoms with van der Waals surface area (Å²) in [6, 6.07) is 25.6. The lowest BCUT2D eigenvalue weighted by Gasteiger charge is -2.16. The second-order valence-electron chi connectivity index (χ2n) is 7.34. The lowest BCUT2D eigenvalue weighted by molar-refractivity contribution is -0.115. The van der Waals surface area contributed by atoms with Crippen LogP contribution in [0.15, 0.2) is 88.5 Å². The summed E-state index contributed by atoms with van der Waals surface area (Å²) in [7, 11) is 0. The van der Waals surface area contributed by atoms with E-state index in [1.165, 1.54) is 11.8 Å². The van der Waals surface area contributed by atoms with E-state index in [0.717, 1.165) is 27.9 Å². The molecule has 0 saturated carbocycles. The molecule has 6 heteroatoms. The van der Waals surface area contributed by atoms with Crippen LogP contribution in [0.5, 0.6) is 0 Å². The summed E-state index contributed by atoms with van der Waals surface area (Å²) in [6.45, 7) is 3.98. The van der Waals surface area contributed by atoms with Crippen LogP contribution in [-0.2, 0) is 11.2 Å². The van der Waals surface area contributed by atoms with Gasteiger partial charge < -0.3 is 9.73 Å². The van der Waals surface area contributed by atoms with Crippen molar-refractivity contribution in [3.63, 3.8) is 0 Å². The number of anilines is 1. The predicted octanol–water partition coefficient (Wildman–Crippen LogP) is 5.75. The number of nitrogens with zero attached hydrogens (tertiary/aromatic N) is 2. The molecule has 0 spiro atoms. The number of hydrogen-bond acceptors (Lipinski definition) is 5. The maximum absolute atomic E-state index is 13.3. The van der Waals surface area contributed by atoms with Crippen molar-refractivity contribution in [3.05, 3.63) is 107 Å². The van der Waals surface area contributed by atoms with Gasteiger partial charge in [-0.3, -0.25) is 4.79 Å².